The van der Waals surface area contributed by atoms with E-state index in [0.717, 1.165) is 0 Å². The predicted octanol–water partition coefficient (Wildman–Crippen LogP) is 2.13. The topological polar surface area (TPSA) is 61.4 Å². The first-order valence-electron chi connectivity index (χ1n) is 7.56. The van der Waals surface area contributed by atoms with E-state index in [2.05, 4.69) is 10.6 Å². The van der Waals surface area contributed by atoms with Gasteiger partial charge in [0.2, 0.25) is 11.8 Å². The van der Waals surface area contributed by atoms with Gasteiger partial charge in [0.1, 0.15) is 18.4 Å². The Labute approximate surface area is 129 Å². The number of nitrogens with zero attached hydrogens (tertiary/aromatic N) is 1. The smallest absolute Gasteiger partial charge is 0.250 e. The van der Waals surface area contributed by atoms with E-state index in [1.165, 1.54) is 23.1 Å². The maximum atomic E-state index is 13.4. The molecule has 0 aromatic heterocycles. The molecule has 0 aliphatic carbocycles. The van der Waals surface area contributed by atoms with Gasteiger partial charge in [-0.15, -0.1) is 0 Å². The molecule has 120 valence electrons. The number of benzene rings is 1. The zero-order valence-corrected chi connectivity index (χ0v) is 13.1. The van der Waals surface area contributed by atoms with Crippen LogP contribution in [0.3, 0.4) is 0 Å². The lowest BCUT2D eigenvalue weighted by Crippen LogP contribution is -2.50. The standard InChI is InChI=1S/C16H22FN3O2/c1-4-12-16(22)20(9-15(21)18-8-10(2)3)14-6-5-11(17)7-13(14)19-12/h5-7,10,12,19H,4,8-9H2,1-3H3,(H,18,21). The van der Waals surface area contributed by atoms with E-state index in [1.807, 2.05) is 20.8 Å². The van der Waals surface area contributed by atoms with Gasteiger partial charge in [0.25, 0.3) is 0 Å². The van der Waals surface area contributed by atoms with Gasteiger partial charge >= 0.3 is 0 Å². The van der Waals surface area contributed by atoms with Gasteiger partial charge in [0, 0.05) is 6.54 Å². The Morgan fingerprint density at radius 1 is 1.45 bits per heavy atom. The fourth-order valence-corrected chi connectivity index (χ4v) is 2.37. The Balaban J connectivity index is 2.21. The van der Waals surface area contributed by atoms with Crippen LogP contribution in [0.4, 0.5) is 15.8 Å². The summed E-state index contributed by atoms with van der Waals surface area (Å²) < 4.78 is 13.4. The zero-order chi connectivity index (χ0) is 16.3. The Bertz CT molecular complexity index is 575. The van der Waals surface area contributed by atoms with Crippen molar-refractivity contribution >= 4 is 23.2 Å². The Hall–Kier alpha value is -2.11. The van der Waals surface area contributed by atoms with Crippen LogP contribution >= 0.6 is 0 Å². The van der Waals surface area contributed by atoms with Gasteiger partial charge in [-0.3, -0.25) is 14.5 Å². The molecule has 0 saturated carbocycles. The minimum atomic E-state index is -0.438. The molecule has 1 aliphatic rings. The number of fused-ring (bicyclic) bond motifs is 1. The van der Waals surface area contributed by atoms with Gasteiger partial charge < -0.3 is 10.6 Å². The van der Waals surface area contributed by atoms with E-state index in [1.54, 1.807) is 0 Å². The molecule has 2 N–H and O–H groups in total. The van der Waals surface area contributed by atoms with E-state index in [0.29, 0.717) is 30.3 Å². The predicted molar refractivity (Wildman–Crippen MR) is 84.3 cm³/mol. The number of hydrogen-bond donors (Lipinski definition) is 2. The molecule has 1 aliphatic heterocycles. The van der Waals surface area contributed by atoms with Crippen LogP contribution in [-0.2, 0) is 9.59 Å². The van der Waals surface area contributed by atoms with Crippen LogP contribution in [0.15, 0.2) is 18.2 Å². The highest BCUT2D eigenvalue weighted by atomic mass is 19.1. The summed E-state index contributed by atoms with van der Waals surface area (Å²) in [5.41, 5.74) is 1.08. The molecule has 2 amide bonds. The summed E-state index contributed by atoms with van der Waals surface area (Å²) in [7, 11) is 0. The number of hydrogen-bond acceptors (Lipinski definition) is 3. The van der Waals surface area contributed by atoms with Crippen molar-refractivity contribution in [2.45, 2.75) is 33.2 Å². The van der Waals surface area contributed by atoms with Crippen molar-refractivity contribution in [1.82, 2.24) is 5.32 Å². The van der Waals surface area contributed by atoms with E-state index < -0.39 is 6.04 Å². The Morgan fingerprint density at radius 2 is 2.18 bits per heavy atom. The number of carbonyl (C=O) groups excluding carboxylic acids is 2. The van der Waals surface area contributed by atoms with Crippen LogP contribution in [-0.4, -0.2) is 30.9 Å². The Morgan fingerprint density at radius 3 is 2.82 bits per heavy atom. The highest BCUT2D eigenvalue weighted by Crippen LogP contribution is 2.32. The van der Waals surface area contributed by atoms with E-state index in [4.69, 9.17) is 0 Å². The normalized spacial score (nSPS) is 17.2. The van der Waals surface area contributed by atoms with Crippen molar-refractivity contribution < 1.29 is 14.0 Å². The molecular formula is C16H22FN3O2. The minimum Gasteiger partial charge on any atom is -0.372 e. The van der Waals surface area contributed by atoms with Gasteiger partial charge in [-0.2, -0.15) is 0 Å². The average molecular weight is 307 g/mol. The highest BCUT2D eigenvalue weighted by molar-refractivity contribution is 6.07. The molecule has 1 aromatic rings. The number of halogens is 1. The van der Waals surface area contributed by atoms with Crippen molar-refractivity contribution in [3.63, 3.8) is 0 Å². The van der Waals surface area contributed by atoms with Gasteiger partial charge in [0.15, 0.2) is 0 Å². The quantitative estimate of drug-likeness (QED) is 0.876. The van der Waals surface area contributed by atoms with E-state index in [9.17, 15) is 14.0 Å². The molecule has 0 radical (unpaired) electrons. The molecule has 1 atom stereocenters. The summed E-state index contributed by atoms with van der Waals surface area (Å²) in [5, 5.41) is 5.83. The molecule has 6 heteroatoms. The van der Waals surface area contributed by atoms with E-state index >= 15 is 0 Å². The molecular weight excluding hydrogens is 285 g/mol. The molecule has 1 aromatic carbocycles. The van der Waals surface area contributed by atoms with Crippen LogP contribution in [0.25, 0.3) is 0 Å². The van der Waals surface area contributed by atoms with Gasteiger partial charge in [0.05, 0.1) is 11.4 Å². The fourth-order valence-electron chi connectivity index (χ4n) is 2.37. The van der Waals surface area contributed by atoms with Gasteiger partial charge in [-0.1, -0.05) is 20.8 Å². The van der Waals surface area contributed by atoms with Crippen molar-refractivity contribution in [2.75, 3.05) is 23.3 Å². The van der Waals surface area contributed by atoms with Gasteiger partial charge in [-0.25, -0.2) is 4.39 Å². The first kappa shape index (κ1) is 16.3. The Kier molecular flexibility index (Phi) is 5.00. The summed E-state index contributed by atoms with van der Waals surface area (Å²) in [4.78, 5) is 25.9. The van der Waals surface area contributed by atoms with E-state index in [-0.39, 0.29) is 24.2 Å². The van der Waals surface area contributed by atoms with Gasteiger partial charge in [-0.05, 0) is 30.5 Å². The van der Waals surface area contributed by atoms with Crippen LogP contribution < -0.4 is 15.5 Å². The van der Waals surface area contributed by atoms with Crippen molar-refractivity contribution in [3.05, 3.63) is 24.0 Å². The molecule has 22 heavy (non-hydrogen) atoms. The maximum absolute atomic E-state index is 13.4. The van der Waals surface area contributed by atoms with Crippen LogP contribution in [0, 0.1) is 11.7 Å². The SMILES string of the molecule is CCC1Nc2cc(F)ccc2N(CC(=O)NCC(C)C)C1=O. The number of nitrogens with one attached hydrogen (secondary N) is 2. The molecule has 0 spiro atoms. The molecule has 1 heterocycles. The second kappa shape index (κ2) is 6.77. The number of amides is 2. The second-order valence-electron chi connectivity index (χ2n) is 5.89. The molecule has 5 nitrogen and oxygen atoms in total. The third-order valence-corrected chi connectivity index (χ3v) is 3.56. The first-order chi connectivity index (χ1) is 10.4. The van der Waals surface area contributed by atoms with Crippen LogP contribution in [0.1, 0.15) is 27.2 Å². The summed E-state index contributed by atoms with van der Waals surface area (Å²) in [6, 6.07) is 3.73. The molecule has 2 rings (SSSR count). The molecule has 1 unspecified atom stereocenters. The molecule has 0 fully saturated rings. The lowest BCUT2D eigenvalue weighted by atomic mass is 10.1. The lowest BCUT2D eigenvalue weighted by molar-refractivity contribution is -0.124. The number of carbonyl (C=O) groups is 2. The van der Waals surface area contributed by atoms with Crippen LogP contribution in [0.5, 0.6) is 0 Å². The second-order valence-corrected chi connectivity index (χ2v) is 5.89. The fraction of sp³-hybridized carbons (Fsp3) is 0.500. The maximum Gasteiger partial charge on any atom is 0.250 e. The zero-order valence-electron chi connectivity index (χ0n) is 13.1. The molecule has 0 saturated heterocycles. The molecule has 0 bridgehead atoms. The summed E-state index contributed by atoms with van der Waals surface area (Å²) in [6.45, 7) is 6.38. The van der Waals surface area contributed by atoms with Crippen molar-refractivity contribution in [1.29, 1.82) is 0 Å². The lowest BCUT2D eigenvalue weighted by Gasteiger charge is -2.34. The monoisotopic (exact) mass is 307 g/mol. The highest BCUT2D eigenvalue weighted by Gasteiger charge is 2.32. The first-order valence-corrected chi connectivity index (χ1v) is 7.56. The summed E-state index contributed by atoms with van der Waals surface area (Å²) in [6.07, 6.45) is 0.568. The van der Waals surface area contributed by atoms with Crippen molar-refractivity contribution in [3.8, 4) is 0 Å². The minimum absolute atomic E-state index is 0.0532. The van der Waals surface area contributed by atoms with Crippen molar-refractivity contribution in [2.24, 2.45) is 5.92 Å². The third kappa shape index (κ3) is 3.55. The third-order valence-electron chi connectivity index (χ3n) is 3.56. The number of anilines is 2. The summed E-state index contributed by atoms with van der Waals surface area (Å²) >= 11 is 0. The summed E-state index contributed by atoms with van der Waals surface area (Å²) in [5.74, 6) is -0.414. The number of rotatable bonds is 5. The van der Waals surface area contributed by atoms with Crippen LogP contribution in [0.2, 0.25) is 0 Å². The average Bonchev–Trinajstić information content (AvgIpc) is 2.47. The largest absolute Gasteiger partial charge is 0.372 e.